The lowest BCUT2D eigenvalue weighted by Crippen LogP contribution is -2.43. The molecular weight excluding hydrogens is 220 g/mol. The van der Waals surface area contributed by atoms with Gasteiger partial charge in [0, 0.05) is 12.6 Å². The van der Waals surface area contributed by atoms with Crippen LogP contribution in [-0.2, 0) is 4.79 Å². The number of nitrogens with one attached hydrogen (secondary N) is 2. The van der Waals surface area contributed by atoms with Crippen LogP contribution in [-0.4, -0.2) is 29.7 Å². The summed E-state index contributed by atoms with van der Waals surface area (Å²) in [5.74, 6) is -0.891. The van der Waals surface area contributed by atoms with E-state index in [0.717, 1.165) is 12.8 Å². The normalized spacial score (nSPS) is 12.4. The van der Waals surface area contributed by atoms with Crippen LogP contribution in [0.5, 0.6) is 0 Å². The van der Waals surface area contributed by atoms with Crippen LogP contribution in [0.3, 0.4) is 0 Å². The van der Waals surface area contributed by atoms with Crippen molar-refractivity contribution >= 4 is 12.0 Å². The van der Waals surface area contributed by atoms with Gasteiger partial charge in [0.15, 0.2) is 0 Å². The number of carbonyl (C=O) groups excluding carboxylic acids is 1. The largest absolute Gasteiger partial charge is 0.481 e. The maximum atomic E-state index is 11.4. The quantitative estimate of drug-likeness (QED) is 0.449. The van der Waals surface area contributed by atoms with E-state index in [1.54, 1.807) is 0 Å². The summed E-state index contributed by atoms with van der Waals surface area (Å²) in [6.45, 7) is 4.44. The third kappa shape index (κ3) is 9.41. The van der Waals surface area contributed by atoms with Crippen LogP contribution in [0.2, 0.25) is 0 Å². The average Bonchev–Trinajstić information content (AvgIpc) is 2.24. The summed E-state index contributed by atoms with van der Waals surface area (Å²) in [5, 5.41) is 14.0. The van der Waals surface area contributed by atoms with Gasteiger partial charge in [-0.3, -0.25) is 4.79 Å². The van der Waals surface area contributed by atoms with Gasteiger partial charge in [-0.15, -0.1) is 0 Å². The van der Waals surface area contributed by atoms with E-state index in [4.69, 9.17) is 5.11 Å². The molecule has 0 aromatic carbocycles. The van der Waals surface area contributed by atoms with Crippen molar-refractivity contribution in [2.45, 2.75) is 45.6 Å². The lowest BCUT2D eigenvalue weighted by Gasteiger charge is -2.16. The van der Waals surface area contributed by atoms with Gasteiger partial charge in [0.2, 0.25) is 0 Å². The van der Waals surface area contributed by atoms with Crippen LogP contribution in [0, 0.1) is 0 Å². The summed E-state index contributed by atoms with van der Waals surface area (Å²) in [6.07, 6.45) is 6.15. The van der Waals surface area contributed by atoms with Crippen LogP contribution in [0.1, 0.15) is 39.5 Å². The summed E-state index contributed by atoms with van der Waals surface area (Å²) in [4.78, 5) is 22.0. The molecule has 0 aromatic heterocycles. The second kappa shape index (κ2) is 9.69. The average molecular weight is 242 g/mol. The number of rotatable bonds is 8. The molecule has 0 heterocycles. The first-order valence-corrected chi connectivity index (χ1v) is 5.97. The van der Waals surface area contributed by atoms with Gasteiger partial charge in [0.25, 0.3) is 0 Å². The Morgan fingerprint density at radius 1 is 1.41 bits per heavy atom. The minimum atomic E-state index is -0.891. The molecule has 0 aliphatic carbocycles. The lowest BCUT2D eigenvalue weighted by atomic mass is 10.1. The van der Waals surface area contributed by atoms with E-state index in [-0.39, 0.29) is 18.5 Å². The predicted molar refractivity (Wildman–Crippen MR) is 66.9 cm³/mol. The number of urea groups is 1. The fourth-order valence-corrected chi connectivity index (χ4v) is 1.46. The molecule has 0 rings (SSSR count). The summed E-state index contributed by atoms with van der Waals surface area (Å²) in [6, 6.07) is -0.589. The molecule has 0 spiro atoms. The molecular formula is C12H22N2O3. The Morgan fingerprint density at radius 2 is 2.12 bits per heavy atom. The fourth-order valence-electron chi connectivity index (χ4n) is 1.46. The van der Waals surface area contributed by atoms with E-state index in [1.165, 1.54) is 0 Å². The van der Waals surface area contributed by atoms with Crippen molar-refractivity contribution in [1.29, 1.82) is 0 Å². The topological polar surface area (TPSA) is 78.4 Å². The Bertz CT molecular complexity index is 264. The zero-order chi connectivity index (χ0) is 13.1. The summed E-state index contributed by atoms with van der Waals surface area (Å²) < 4.78 is 0. The minimum Gasteiger partial charge on any atom is -0.481 e. The van der Waals surface area contributed by atoms with Gasteiger partial charge >= 0.3 is 12.0 Å². The van der Waals surface area contributed by atoms with Crippen molar-refractivity contribution in [2.24, 2.45) is 0 Å². The van der Waals surface area contributed by atoms with Crippen molar-refractivity contribution in [3.05, 3.63) is 12.2 Å². The minimum absolute atomic E-state index is 0.0316. The zero-order valence-corrected chi connectivity index (χ0v) is 10.5. The number of hydrogen-bond donors (Lipinski definition) is 3. The van der Waals surface area contributed by atoms with Crippen LogP contribution < -0.4 is 10.6 Å². The molecule has 0 saturated carbocycles. The number of aliphatic carboxylic acids is 1. The highest BCUT2D eigenvalue weighted by molar-refractivity contribution is 5.75. The Balaban J connectivity index is 3.90. The molecule has 0 aliphatic heterocycles. The van der Waals surface area contributed by atoms with E-state index < -0.39 is 5.97 Å². The van der Waals surface area contributed by atoms with Crippen molar-refractivity contribution in [1.82, 2.24) is 10.6 Å². The third-order valence-corrected chi connectivity index (χ3v) is 2.23. The predicted octanol–water partition coefficient (Wildman–Crippen LogP) is 1.90. The molecule has 0 aromatic rings. The van der Waals surface area contributed by atoms with Crippen LogP contribution >= 0.6 is 0 Å². The first-order valence-electron chi connectivity index (χ1n) is 5.97. The number of amides is 2. The van der Waals surface area contributed by atoms with Gasteiger partial charge in [0.1, 0.15) is 0 Å². The molecule has 1 atom stereocenters. The fraction of sp³-hybridized carbons (Fsp3) is 0.667. The maximum Gasteiger partial charge on any atom is 0.315 e. The second-order valence-corrected chi connectivity index (χ2v) is 3.84. The molecule has 3 N–H and O–H groups in total. The highest BCUT2D eigenvalue weighted by atomic mass is 16.4. The van der Waals surface area contributed by atoms with E-state index in [0.29, 0.717) is 13.0 Å². The standard InChI is InChI=1S/C12H22N2O3/c1-3-5-6-8-13-12(17)14-10(7-4-2)9-11(15)16/h3,5,10H,4,6-9H2,1-2H3,(H,15,16)(H2,13,14,17)/b5-3+. The first kappa shape index (κ1) is 15.5. The molecule has 1 unspecified atom stereocenters. The molecule has 0 fully saturated rings. The lowest BCUT2D eigenvalue weighted by molar-refractivity contribution is -0.137. The maximum absolute atomic E-state index is 11.4. The van der Waals surface area contributed by atoms with Crippen molar-refractivity contribution < 1.29 is 14.7 Å². The molecule has 0 radical (unpaired) electrons. The Kier molecular flexibility index (Phi) is 8.82. The third-order valence-electron chi connectivity index (χ3n) is 2.23. The van der Waals surface area contributed by atoms with E-state index >= 15 is 0 Å². The zero-order valence-electron chi connectivity index (χ0n) is 10.5. The van der Waals surface area contributed by atoms with Gasteiger partial charge in [-0.1, -0.05) is 25.5 Å². The van der Waals surface area contributed by atoms with Gasteiger partial charge in [-0.05, 0) is 19.8 Å². The second-order valence-electron chi connectivity index (χ2n) is 3.84. The van der Waals surface area contributed by atoms with Crippen LogP contribution in [0.25, 0.3) is 0 Å². The van der Waals surface area contributed by atoms with E-state index in [2.05, 4.69) is 10.6 Å². The number of allylic oxidation sites excluding steroid dienone is 1. The molecule has 98 valence electrons. The molecule has 17 heavy (non-hydrogen) atoms. The van der Waals surface area contributed by atoms with Crippen LogP contribution in [0.4, 0.5) is 4.79 Å². The Labute approximate surface area is 102 Å². The highest BCUT2D eigenvalue weighted by Gasteiger charge is 2.14. The summed E-state index contributed by atoms with van der Waals surface area (Å²) >= 11 is 0. The van der Waals surface area contributed by atoms with E-state index in [9.17, 15) is 9.59 Å². The molecule has 0 bridgehead atoms. The molecule has 0 aliphatic rings. The molecule has 2 amide bonds. The first-order chi connectivity index (χ1) is 8.10. The van der Waals surface area contributed by atoms with Gasteiger partial charge < -0.3 is 15.7 Å². The summed E-state index contributed by atoms with van der Waals surface area (Å²) in [7, 11) is 0. The van der Waals surface area contributed by atoms with E-state index in [1.807, 2.05) is 26.0 Å². The number of hydrogen-bond acceptors (Lipinski definition) is 2. The summed E-state index contributed by atoms with van der Waals surface area (Å²) in [5.41, 5.74) is 0. The van der Waals surface area contributed by atoms with Crippen molar-refractivity contribution in [2.75, 3.05) is 6.54 Å². The SMILES string of the molecule is C/C=C/CCNC(=O)NC(CCC)CC(=O)O. The number of carbonyl (C=O) groups is 2. The van der Waals surface area contributed by atoms with Gasteiger partial charge in [0.05, 0.1) is 6.42 Å². The van der Waals surface area contributed by atoms with Crippen molar-refractivity contribution in [3.8, 4) is 0 Å². The Hall–Kier alpha value is -1.52. The molecule has 5 nitrogen and oxygen atoms in total. The molecule has 0 saturated heterocycles. The molecule has 5 heteroatoms. The number of carboxylic acids is 1. The van der Waals surface area contributed by atoms with Crippen LogP contribution in [0.15, 0.2) is 12.2 Å². The smallest absolute Gasteiger partial charge is 0.315 e. The van der Waals surface area contributed by atoms with Gasteiger partial charge in [-0.2, -0.15) is 0 Å². The number of carboxylic acid groups (broad SMARTS) is 1. The van der Waals surface area contributed by atoms with Gasteiger partial charge in [-0.25, -0.2) is 4.79 Å². The Morgan fingerprint density at radius 3 is 2.65 bits per heavy atom. The highest BCUT2D eigenvalue weighted by Crippen LogP contribution is 2.01. The monoisotopic (exact) mass is 242 g/mol. The van der Waals surface area contributed by atoms with Crippen molar-refractivity contribution in [3.63, 3.8) is 0 Å².